The van der Waals surface area contributed by atoms with Crippen molar-refractivity contribution >= 4 is 14.6 Å². The lowest BCUT2D eigenvalue weighted by Crippen LogP contribution is -2.25. The molecule has 0 saturated carbocycles. The SMILES string of the molecule is CC.CC.CCCCn1cc(CC(OP(OCC)OCC)C(=O)O)nn1. The zero-order chi connectivity index (χ0) is 20.4. The number of carboxylic acid groups (broad SMARTS) is 1. The Bertz CT molecular complexity index is 440. The number of aryl methyl sites for hydroxylation is 1. The Hall–Kier alpha value is -1.08. The number of aliphatic carboxylic acids is 1. The van der Waals surface area contributed by atoms with Crippen molar-refractivity contribution in [3.63, 3.8) is 0 Å². The van der Waals surface area contributed by atoms with Gasteiger partial charge in [-0.2, -0.15) is 0 Å². The summed E-state index contributed by atoms with van der Waals surface area (Å²) < 4.78 is 17.7. The number of unbranched alkanes of at least 4 members (excludes halogenated alkanes) is 1. The van der Waals surface area contributed by atoms with Gasteiger partial charge in [-0.3, -0.25) is 9.21 Å². The van der Waals surface area contributed by atoms with Crippen molar-refractivity contribution < 1.29 is 23.5 Å². The summed E-state index contributed by atoms with van der Waals surface area (Å²) >= 11 is 0. The first-order valence-corrected chi connectivity index (χ1v) is 10.5. The number of carboxylic acids is 1. The third-order valence-corrected chi connectivity index (χ3v) is 4.04. The van der Waals surface area contributed by atoms with Crippen molar-refractivity contribution in [2.45, 2.75) is 80.4 Å². The molecule has 0 amide bonds. The standard InChI is InChI=1S/C13H24N3O5P.2C2H6/c1-4-7-8-16-10-11(14-15-16)9-12(13(17)18)21-22(19-5-2)20-6-3;2*1-2/h10,12H,4-9H2,1-3H3,(H,17,18);2*1-2H3. The predicted molar refractivity (Wildman–Crippen MR) is 104 cm³/mol. The van der Waals surface area contributed by atoms with E-state index in [4.69, 9.17) is 13.6 Å². The Labute approximate surface area is 159 Å². The van der Waals surface area contributed by atoms with E-state index >= 15 is 0 Å². The van der Waals surface area contributed by atoms with Crippen LogP contribution in [0.4, 0.5) is 0 Å². The maximum Gasteiger partial charge on any atom is 0.333 e. The van der Waals surface area contributed by atoms with Crippen LogP contribution in [-0.2, 0) is 31.3 Å². The summed E-state index contributed by atoms with van der Waals surface area (Å²) in [6.45, 7) is 15.2. The molecule has 0 saturated heterocycles. The van der Waals surface area contributed by atoms with E-state index in [0.29, 0.717) is 18.9 Å². The number of aromatic nitrogens is 3. The molecule has 1 atom stereocenters. The van der Waals surface area contributed by atoms with E-state index in [1.165, 1.54) is 0 Å². The molecule has 0 aliphatic carbocycles. The molecule has 0 fully saturated rings. The second-order valence-electron chi connectivity index (χ2n) is 4.52. The molecule has 8 nitrogen and oxygen atoms in total. The number of nitrogens with zero attached hydrogens (tertiary/aromatic N) is 3. The minimum absolute atomic E-state index is 0.125. The number of hydrogen-bond donors (Lipinski definition) is 1. The van der Waals surface area contributed by atoms with Crippen LogP contribution in [0.5, 0.6) is 0 Å². The van der Waals surface area contributed by atoms with Gasteiger partial charge in [0.2, 0.25) is 0 Å². The highest BCUT2D eigenvalue weighted by molar-refractivity contribution is 7.41. The van der Waals surface area contributed by atoms with E-state index in [9.17, 15) is 9.90 Å². The van der Waals surface area contributed by atoms with Gasteiger partial charge in [-0.1, -0.05) is 46.3 Å². The highest BCUT2D eigenvalue weighted by Crippen LogP contribution is 2.41. The molecule has 0 aliphatic heterocycles. The third kappa shape index (κ3) is 12.3. The Kier molecular flexibility index (Phi) is 19.5. The lowest BCUT2D eigenvalue weighted by atomic mass is 10.2. The van der Waals surface area contributed by atoms with Crippen LogP contribution in [0, 0.1) is 0 Å². The van der Waals surface area contributed by atoms with Crippen molar-refractivity contribution in [2.75, 3.05) is 13.2 Å². The highest BCUT2D eigenvalue weighted by Gasteiger charge is 2.26. The average Bonchev–Trinajstić information content (AvgIpc) is 3.10. The monoisotopic (exact) mass is 393 g/mol. The zero-order valence-corrected chi connectivity index (χ0v) is 18.2. The molecule has 1 unspecified atom stereocenters. The number of hydrogen-bond acceptors (Lipinski definition) is 6. The quantitative estimate of drug-likeness (QED) is 0.524. The maximum absolute atomic E-state index is 11.3. The molecule has 0 aromatic carbocycles. The zero-order valence-electron chi connectivity index (χ0n) is 17.3. The predicted octanol–water partition coefficient (Wildman–Crippen LogP) is 4.44. The van der Waals surface area contributed by atoms with Crippen LogP contribution in [-0.4, -0.2) is 45.4 Å². The molecule has 0 radical (unpaired) electrons. The lowest BCUT2D eigenvalue weighted by molar-refractivity contribution is -0.145. The van der Waals surface area contributed by atoms with E-state index in [-0.39, 0.29) is 6.42 Å². The Morgan fingerprint density at radius 2 is 1.77 bits per heavy atom. The third-order valence-electron chi connectivity index (χ3n) is 2.68. The highest BCUT2D eigenvalue weighted by atomic mass is 31.2. The number of rotatable bonds is 12. The van der Waals surface area contributed by atoms with Crippen molar-refractivity contribution in [2.24, 2.45) is 0 Å². The van der Waals surface area contributed by atoms with Crippen molar-refractivity contribution in [1.29, 1.82) is 0 Å². The van der Waals surface area contributed by atoms with Gasteiger partial charge >= 0.3 is 14.6 Å². The van der Waals surface area contributed by atoms with Crippen molar-refractivity contribution in [3.8, 4) is 0 Å². The second-order valence-corrected chi connectivity index (χ2v) is 5.70. The van der Waals surface area contributed by atoms with Gasteiger partial charge in [0.25, 0.3) is 0 Å². The van der Waals surface area contributed by atoms with Gasteiger partial charge < -0.3 is 14.2 Å². The molecule has 1 rings (SSSR count). The molecule has 1 aromatic rings. The summed E-state index contributed by atoms with van der Waals surface area (Å²) in [5.74, 6) is -1.07. The molecule has 0 bridgehead atoms. The van der Waals surface area contributed by atoms with Crippen LogP contribution in [0.2, 0.25) is 0 Å². The molecule has 0 aliphatic rings. The lowest BCUT2D eigenvalue weighted by Gasteiger charge is -2.19. The Morgan fingerprint density at radius 3 is 2.23 bits per heavy atom. The van der Waals surface area contributed by atoms with E-state index in [0.717, 1.165) is 19.4 Å². The molecule has 1 aromatic heterocycles. The fourth-order valence-electron chi connectivity index (χ4n) is 1.63. The first-order valence-electron chi connectivity index (χ1n) is 9.45. The van der Waals surface area contributed by atoms with Crippen LogP contribution < -0.4 is 0 Å². The van der Waals surface area contributed by atoms with Crippen molar-refractivity contribution in [3.05, 3.63) is 11.9 Å². The smallest absolute Gasteiger partial charge is 0.333 e. The van der Waals surface area contributed by atoms with Gasteiger partial charge in [-0.15, -0.1) is 5.10 Å². The van der Waals surface area contributed by atoms with E-state index in [1.54, 1.807) is 24.7 Å². The van der Waals surface area contributed by atoms with Crippen LogP contribution >= 0.6 is 8.60 Å². The van der Waals surface area contributed by atoms with Gasteiger partial charge in [0.15, 0.2) is 6.10 Å². The topological polar surface area (TPSA) is 95.7 Å². The summed E-state index contributed by atoms with van der Waals surface area (Å²) in [6, 6.07) is 0. The molecule has 154 valence electrons. The fourth-order valence-corrected chi connectivity index (χ4v) is 2.62. The number of carbonyl (C=O) groups is 1. The summed E-state index contributed by atoms with van der Waals surface area (Å²) in [6.07, 6.45) is 2.87. The maximum atomic E-state index is 11.3. The minimum atomic E-state index is -1.67. The molecule has 1 N–H and O–H groups in total. The molecule has 1 heterocycles. The largest absolute Gasteiger partial charge is 0.479 e. The molecular formula is C17H36N3O5P. The summed E-state index contributed by atoms with van der Waals surface area (Å²) in [5.41, 5.74) is 0.575. The average molecular weight is 393 g/mol. The van der Waals surface area contributed by atoms with Crippen LogP contribution in [0.15, 0.2) is 6.20 Å². The normalized spacial score (nSPS) is 11.2. The van der Waals surface area contributed by atoms with Gasteiger partial charge in [0.05, 0.1) is 18.9 Å². The second kappa shape index (κ2) is 18.7. The molecule has 26 heavy (non-hydrogen) atoms. The Morgan fingerprint density at radius 1 is 1.19 bits per heavy atom. The summed E-state index contributed by atoms with van der Waals surface area (Å²) in [7, 11) is -1.67. The minimum Gasteiger partial charge on any atom is -0.479 e. The van der Waals surface area contributed by atoms with Crippen LogP contribution in [0.25, 0.3) is 0 Å². The fraction of sp³-hybridized carbons (Fsp3) is 0.824. The van der Waals surface area contributed by atoms with Crippen molar-refractivity contribution in [1.82, 2.24) is 15.0 Å². The van der Waals surface area contributed by atoms with Crippen LogP contribution in [0.3, 0.4) is 0 Å². The summed E-state index contributed by atoms with van der Waals surface area (Å²) in [4.78, 5) is 11.3. The first-order chi connectivity index (χ1) is 12.6. The Balaban J connectivity index is 0. The van der Waals surface area contributed by atoms with Gasteiger partial charge in [-0.05, 0) is 20.3 Å². The first kappa shape index (κ1) is 27.1. The molecular weight excluding hydrogens is 357 g/mol. The van der Waals surface area contributed by atoms with Gasteiger partial charge in [0.1, 0.15) is 0 Å². The van der Waals surface area contributed by atoms with Gasteiger partial charge in [0, 0.05) is 19.2 Å². The van der Waals surface area contributed by atoms with E-state index < -0.39 is 20.7 Å². The van der Waals surface area contributed by atoms with E-state index in [2.05, 4.69) is 17.2 Å². The van der Waals surface area contributed by atoms with Crippen LogP contribution in [0.1, 0.15) is 67.0 Å². The molecule has 9 heteroatoms. The summed E-state index contributed by atoms with van der Waals surface area (Å²) in [5, 5.41) is 17.3. The van der Waals surface area contributed by atoms with Gasteiger partial charge in [-0.25, -0.2) is 4.79 Å². The van der Waals surface area contributed by atoms with E-state index in [1.807, 2.05) is 27.7 Å². The molecule has 0 spiro atoms.